The van der Waals surface area contributed by atoms with Gasteiger partial charge in [-0.15, -0.1) is 0 Å². The van der Waals surface area contributed by atoms with E-state index in [0.29, 0.717) is 11.3 Å². The van der Waals surface area contributed by atoms with Crippen molar-refractivity contribution in [1.29, 1.82) is 0 Å². The minimum atomic E-state index is -0.540. The molecule has 3 rings (SSSR count). The summed E-state index contributed by atoms with van der Waals surface area (Å²) >= 11 is 2.15. The van der Waals surface area contributed by atoms with E-state index in [1.807, 2.05) is 29.2 Å². The number of rotatable bonds is 6. The molecule has 1 atom stereocenters. The van der Waals surface area contributed by atoms with E-state index in [1.165, 1.54) is 23.5 Å². The highest BCUT2D eigenvalue weighted by Crippen LogP contribution is 2.29. The number of nitrogens with one attached hydrogen (secondary N) is 1. The number of ether oxygens (including phenoxy) is 1. The van der Waals surface area contributed by atoms with Crippen molar-refractivity contribution < 1.29 is 18.7 Å². The van der Waals surface area contributed by atoms with Gasteiger partial charge in [-0.1, -0.05) is 60.2 Å². The first kappa shape index (κ1) is 23.1. The van der Waals surface area contributed by atoms with Crippen LogP contribution in [0.15, 0.2) is 42.5 Å². The van der Waals surface area contributed by atoms with Crippen molar-refractivity contribution in [3.05, 3.63) is 53.8 Å². The van der Waals surface area contributed by atoms with Crippen LogP contribution >= 0.6 is 22.6 Å². The number of carbonyl (C=O) groups excluding carboxylic acids is 2. The normalized spacial score (nSPS) is 15.4. The Bertz CT molecular complexity index is 842. The van der Waals surface area contributed by atoms with Gasteiger partial charge in [0, 0.05) is 12.5 Å². The largest absolute Gasteiger partial charge is 0.442 e. The molecule has 1 saturated heterocycles. The molecule has 1 N–H and O–H groups in total. The summed E-state index contributed by atoms with van der Waals surface area (Å²) in [5.41, 5.74) is 2.95. The van der Waals surface area contributed by atoms with E-state index in [9.17, 15) is 14.0 Å². The highest BCUT2D eigenvalue weighted by atomic mass is 127. The molecule has 0 radical (unpaired) electrons. The van der Waals surface area contributed by atoms with Crippen LogP contribution in [-0.4, -0.2) is 36.1 Å². The average molecular weight is 512 g/mol. The molecular formula is C22H26FIN2O3. The Morgan fingerprint density at radius 3 is 2.52 bits per heavy atom. The molecular weight excluding hydrogens is 486 g/mol. The Hall–Kier alpha value is -2.16. The molecule has 7 heteroatoms. The number of carbonyl (C=O) groups is 2. The zero-order valence-corrected chi connectivity index (χ0v) is 19.0. The number of alkyl halides is 1. The number of amides is 2. The maximum Gasteiger partial charge on any atom is 0.414 e. The molecule has 2 aromatic carbocycles. The van der Waals surface area contributed by atoms with E-state index in [0.717, 1.165) is 18.4 Å². The third kappa shape index (κ3) is 6.16. The van der Waals surface area contributed by atoms with Gasteiger partial charge >= 0.3 is 6.09 Å². The number of anilines is 1. The molecule has 1 fully saturated rings. The van der Waals surface area contributed by atoms with Crippen LogP contribution in [0.25, 0.3) is 11.1 Å². The molecule has 1 heterocycles. The van der Waals surface area contributed by atoms with Crippen LogP contribution in [0.1, 0.15) is 25.8 Å². The summed E-state index contributed by atoms with van der Waals surface area (Å²) < 4.78 is 19.9. The minimum Gasteiger partial charge on any atom is -0.442 e. The second kappa shape index (κ2) is 11.1. The highest BCUT2D eigenvalue weighted by Gasteiger charge is 2.32. The van der Waals surface area contributed by atoms with Gasteiger partial charge in [0.2, 0.25) is 5.91 Å². The molecule has 0 saturated carbocycles. The number of aryl methyl sites for hydroxylation is 1. The van der Waals surface area contributed by atoms with Gasteiger partial charge in [0.1, 0.15) is 11.9 Å². The van der Waals surface area contributed by atoms with Crippen molar-refractivity contribution in [2.24, 2.45) is 0 Å². The Kier molecular flexibility index (Phi) is 8.88. The van der Waals surface area contributed by atoms with Crippen LogP contribution in [0.5, 0.6) is 0 Å². The van der Waals surface area contributed by atoms with Crippen molar-refractivity contribution in [3.8, 4) is 11.1 Å². The maximum absolute atomic E-state index is 14.7. The molecule has 0 aliphatic carbocycles. The van der Waals surface area contributed by atoms with Crippen molar-refractivity contribution in [2.45, 2.75) is 32.8 Å². The summed E-state index contributed by atoms with van der Waals surface area (Å²) in [6.45, 7) is 4.03. The van der Waals surface area contributed by atoms with Crippen molar-refractivity contribution in [1.82, 2.24) is 5.32 Å². The van der Waals surface area contributed by atoms with E-state index in [1.54, 1.807) is 12.1 Å². The van der Waals surface area contributed by atoms with Crippen LogP contribution in [-0.2, 0) is 16.0 Å². The Morgan fingerprint density at radius 1 is 1.24 bits per heavy atom. The van der Waals surface area contributed by atoms with Crippen molar-refractivity contribution >= 4 is 40.3 Å². The zero-order valence-electron chi connectivity index (χ0n) is 16.9. The van der Waals surface area contributed by atoms with E-state index >= 15 is 0 Å². The second-order valence-corrected chi connectivity index (χ2v) is 6.66. The minimum absolute atomic E-state index is 0.190. The van der Waals surface area contributed by atoms with Crippen molar-refractivity contribution in [2.75, 3.05) is 22.9 Å². The van der Waals surface area contributed by atoms with Gasteiger partial charge in [0.15, 0.2) is 0 Å². The van der Waals surface area contributed by atoms with Crippen LogP contribution < -0.4 is 10.2 Å². The second-order valence-electron chi connectivity index (χ2n) is 6.66. The predicted octanol–water partition coefficient (Wildman–Crippen LogP) is 4.96. The van der Waals surface area contributed by atoms with Crippen LogP contribution in [0.4, 0.5) is 14.9 Å². The van der Waals surface area contributed by atoms with Gasteiger partial charge in [-0.05, 0) is 40.7 Å². The summed E-state index contributed by atoms with van der Waals surface area (Å²) in [6, 6.07) is 12.6. The highest BCUT2D eigenvalue weighted by molar-refractivity contribution is 14.1. The van der Waals surface area contributed by atoms with Gasteiger partial charge in [-0.2, -0.15) is 0 Å². The fourth-order valence-electron chi connectivity index (χ4n) is 3.14. The predicted molar refractivity (Wildman–Crippen MR) is 122 cm³/mol. The van der Waals surface area contributed by atoms with E-state index < -0.39 is 18.0 Å². The molecule has 5 nitrogen and oxygen atoms in total. The Labute approximate surface area is 184 Å². The average Bonchev–Trinajstić information content (AvgIpc) is 3.09. The first-order valence-corrected chi connectivity index (χ1v) is 11.6. The number of halogens is 2. The topological polar surface area (TPSA) is 58.6 Å². The Morgan fingerprint density at radius 2 is 1.93 bits per heavy atom. The van der Waals surface area contributed by atoms with Gasteiger partial charge in [-0.25, -0.2) is 9.18 Å². The first-order chi connectivity index (χ1) is 14.0. The summed E-state index contributed by atoms with van der Waals surface area (Å²) in [6.07, 6.45) is 1.08. The molecule has 1 aliphatic heterocycles. The maximum atomic E-state index is 14.7. The number of nitrogens with zero attached hydrogens (tertiary/aromatic N) is 1. The van der Waals surface area contributed by atoms with E-state index in [-0.39, 0.29) is 19.0 Å². The third-order valence-electron chi connectivity index (χ3n) is 4.52. The first-order valence-electron chi connectivity index (χ1n) is 9.47. The number of hydrogen-bond acceptors (Lipinski definition) is 3. The standard InChI is InChI=1S/C21H23FN2O3.CH3I/c1-3-4-15-5-7-16(8-6-15)19-10-9-17(11-20(19)22)24-13-18(27-21(24)26)12-23-14(2)25;1-2/h5-11,18H,3-4,12-13H2,1-2H3,(H,23,25);1H3/t18-;/m0./s1. The van der Waals surface area contributed by atoms with Crippen LogP contribution in [0.2, 0.25) is 0 Å². The summed E-state index contributed by atoms with van der Waals surface area (Å²) in [7, 11) is 0. The number of benzene rings is 2. The third-order valence-corrected chi connectivity index (χ3v) is 4.52. The summed E-state index contributed by atoms with van der Waals surface area (Å²) in [5, 5.41) is 2.62. The van der Waals surface area contributed by atoms with Gasteiger partial charge < -0.3 is 10.1 Å². The number of cyclic esters (lactones) is 1. The lowest BCUT2D eigenvalue weighted by Crippen LogP contribution is -2.33. The molecule has 156 valence electrons. The molecule has 0 aromatic heterocycles. The Balaban J connectivity index is 0.00000145. The lowest BCUT2D eigenvalue weighted by molar-refractivity contribution is -0.119. The zero-order chi connectivity index (χ0) is 21.4. The van der Waals surface area contributed by atoms with Gasteiger partial charge in [-0.3, -0.25) is 9.69 Å². The quantitative estimate of drug-likeness (QED) is 0.440. The smallest absolute Gasteiger partial charge is 0.414 e. The molecule has 2 amide bonds. The van der Waals surface area contributed by atoms with Crippen LogP contribution in [0, 0.1) is 5.82 Å². The lowest BCUT2D eigenvalue weighted by atomic mass is 10.0. The fourth-order valence-corrected chi connectivity index (χ4v) is 3.14. The SMILES string of the molecule is CCCc1ccc(-c2ccc(N3C[C@H](CNC(C)=O)OC3=O)cc2F)cc1.CI. The molecule has 2 aromatic rings. The van der Waals surface area contributed by atoms with E-state index in [4.69, 9.17) is 4.74 Å². The van der Waals surface area contributed by atoms with Gasteiger partial charge in [0.25, 0.3) is 0 Å². The monoisotopic (exact) mass is 512 g/mol. The fraction of sp³-hybridized carbons (Fsp3) is 0.364. The summed E-state index contributed by atoms with van der Waals surface area (Å²) in [5.74, 6) is -0.585. The molecule has 29 heavy (non-hydrogen) atoms. The van der Waals surface area contributed by atoms with E-state index in [2.05, 4.69) is 34.8 Å². The van der Waals surface area contributed by atoms with Crippen LogP contribution in [0.3, 0.4) is 0 Å². The lowest BCUT2D eigenvalue weighted by Gasteiger charge is -2.14. The number of hydrogen-bond donors (Lipinski definition) is 1. The molecule has 0 spiro atoms. The molecule has 1 aliphatic rings. The molecule has 0 unspecified atom stereocenters. The summed E-state index contributed by atoms with van der Waals surface area (Å²) in [4.78, 5) is 26.4. The van der Waals surface area contributed by atoms with Gasteiger partial charge in [0.05, 0.1) is 18.8 Å². The molecule has 0 bridgehead atoms. The van der Waals surface area contributed by atoms with Crippen molar-refractivity contribution in [3.63, 3.8) is 0 Å².